The van der Waals surface area contributed by atoms with Crippen molar-refractivity contribution in [2.24, 2.45) is 5.84 Å². The third kappa shape index (κ3) is 6.00. The van der Waals surface area contributed by atoms with Crippen molar-refractivity contribution in [2.45, 2.75) is 58.7 Å². The van der Waals surface area contributed by atoms with Gasteiger partial charge in [0, 0.05) is 6.20 Å². The number of aromatic nitrogens is 1. The van der Waals surface area contributed by atoms with Crippen LogP contribution < -0.4 is 11.3 Å². The Labute approximate surface area is 108 Å². The molecule has 1 aromatic rings. The Hall–Kier alpha value is -0.650. The van der Waals surface area contributed by atoms with Crippen molar-refractivity contribution in [2.75, 3.05) is 5.43 Å². The summed E-state index contributed by atoms with van der Waals surface area (Å²) < 4.78 is 5.77. The number of unbranched alkanes of at least 4 members (excludes halogenated alkanes) is 3. The first kappa shape index (κ1) is 14.4. The first-order chi connectivity index (χ1) is 8.26. The van der Waals surface area contributed by atoms with Crippen molar-refractivity contribution in [3.8, 4) is 0 Å². The molecule has 0 aliphatic rings. The Morgan fingerprint density at radius 3 is 2.94 bits per heavy atom. The topological polar surface area (TPSA) is 60.2 Å². The van der Waals surface area contributed by atoms with Crippen LogP contribution in [0.2, 0.25) is 0 Å². The zero-order valence-corrected chi connectivity index (χ0v) is 11.6. The van der Waals surface area contributed by atoms with Gasteiger partial charge >= 0.3 is 0 Å². The summed E-state index contributed by atoms with van der Waals surface area (Å²) in [5.74, 6) is 5.27. The standard InChI is InChI=1S/C12H23N3OS/c1-3-4-5-6-7-10(2)16-9-11-8-14-12(15-13)17-11/h8,10H,3-7,9,13H2,1-2H3,(H,14,15). The molecular formula is C12H23N3OS. The summed E-state index contributed by atoms with van der Waals surface area (Å²) in [7, 11) is 0. The minimum absolute atomic E-state index is 0.322. The molecular weight excluding hydrogens is 234 g/mol. The Balaban J connectivity index is 2.12. The van der Waals surface area contributed by atoms with Gasteiger partial charge in [-0.15, -0.1) is 0 Å². The number of nitrogens with zero attached hydrogens (tertiary/aromatic N) is 1. The van der Waals surface area contributed by atoms with Gasteiger partial charge in [0.1, 0.15) is 0 Å². The number of thiazole rings is 1. The molecule has 1 atom stereocenters. The van der Waals surface area contributed by atoms with Crippen LogP contribution in [0.15, 0.2) is 6.20 Å². The molecule has 0 aliphatic carbocycles. The molecule has 0 saturated carbocycles. The maximum absolute atomic E-state index is 5.77. The van der Waals surface area contributed by atoms with Crippen molar-refractivity contribution < 1.29 is 4.74 Å². The molecule has 0 bridgehead atoms. The van der Waals surface area contributed by atoms with E-state index in [2.05, 4.69) is 24.3 Å². The molecule has 1 aromatic heterocycles. The van der Waals surface area contributed by atoms with Gasteiger partial charge < -0.3 is 4.74 Å². The number of hydrazine groups is 1. The molecule has 1 rings (SSSR count). The fourth-order valence-electron chi connectivity index (χ4n) is 1.61. The molecule has 3 N–H and O–H groups in total. The summed E-state index contributed by atoms with van der Waals surface area (Å²) in [5.41, 5.74) is 2.54. The number of ether oxygens (including phenoxy) is 1. The fourth-order valence-corrected chi connectivity index (χ4v) is 2.25. The van der Waals surface area contributed by atoms with E-state index in [1.807, 2.05) is 6.20 Å². The van der Waals surface area contributed by atoms with Gasteiger partial charge in [-0.05, 0) is 13.3 Å². The van der Waals surface area contributed by atoms with Gasteiger partial charge in [-0.2, -0.15) is 0 Å². The molecule has 0 fully saturated rings. The normalized spacial score (nSPS) is 12.6. The molecule has 0 aromatic carbocycles. The van der Waals surface area contributed by atoms with E-state index >= 15 is 0 Å². The largest absolute Gasteiger partial charge is 0.373 e. The van der Waals surface area contributed by atoms with Crippen LogP contribution in [0.3, 0.4) is 0 Å². The predicted molar refractivity (Wildman–Crippen MR) is 72.9 cm³/mol. The molecule has 0 amide bonds. The number of nitrogens with two attached hydrogens (primary N) is 1. The summed E-state index contributed by atoms with van der Waals surface area (Å²) in [6.07, 6.45) is 8.45. The molecule has 0 radical (unpaired) electrons. The number of hydrogen-bond donors (Lipinski definition) is 2. The second-order valence-corrected chi connectivity index (χ2v) is 5.36. The molecule has 0 spiro atoms. The summed E-state index contributed by atoms with van der Waals surface area (Å²) in [4.78, 5) is 5.21. The smallest absolute Gasteiger partial charge is 0.197 e. The molecule has 0 aliphatic heterocycles. The molecule has 4 nitrogen and oxygen atoms in total. The summed E-state index contributed by atoms with van der Waals surface area (Å²) in [6.45, 7) is 5.00. The van der Waals surface area contributed by atoms with Crippen LogP contribution in [0.4, 0.5) is 5.13 Å². The quantitative estimate of drug-likeness (QED) is 0.405. The van der Waals surface area contributed by atoms with Crippen LogP contribution in [0, 0.1) is 0 Å². The average molecular weight is 257 g/mol. The van der Waals surface area contributed by atoms with Crippen LogP contribution in [-0.4, -0.2) is 11.1 Å². The van der Waals surface area contributed by atoms with Gasteiger partial charge in [0.05, 0.1) is 17.6 Å². The lowest BCUT2D eigenvalue weighted by Gasteiger charge is -2.11. The van der Waals surface area contributed by atoms with Crippen molar-refractivity contribution in [1.29, 1.82) is 0 Å². The molecule has 98 valence electrons. The van der Waals surface area contributed by atoms with E-state index in [-0.39, 0.29) is 0 Å². The fraction of sp³-hybridized carbons (Fsp3) is 0.750. The highest BCUT2D eigenvalue weighted by Crippen LogP contribution is 2.18. The zero-order chi connectivity index (χ0) is 12.5. The highest BCUT2D eigenvalue weighted by atomic mass is 32.1. The molecule has 17 heavy (non-hydrogen) atoms. The highest BCUT2D eigenvalue weighted by Gasteiger charge is 2.05. The lowest BCUT2D eigenvalue weighted by molar-refractivity contribution is 0.0474. The maximum atomic E-state index is 5.77. The average Bonchev–Trinajstić information content (AvgIpc) is 2.80. The van der Waals surface area contributed by atoms with E-state index < -0.39 is 0 Å². The summed E-state index contributed by atoms with van der Waals surface area (Å²) in [6, 6.07) is 0. The lowest BCUT2D eigenvalue weighted by atomic mass is 10.1. The van der Waals surface area contributed by atoms with E-state index in [1.165, 1.54) is 37.0 Å². The number of nitrogens with one attached hydrogen (secondary N) is 1. The van der Waals surface area contributed by atoms with E-state index in [4.69, 9.17) is 10.6 Å². The lowest BCUT2D eigenvalue weighted by Crippen LogP contribution is -2.07. The van der Waals surface area contributed by atoms with E-state index in [9.17, 15) is 0 Å². The van der Waals surface area contributed by atoms with Crippen LogP contribution in [0.1, 0.15) is 50.8 Å². The summed E-state index contributed by atoms with van der Waals surface area (Å²) in [5, 5.41) is 0.735. The van der Waals surface area contributed by atoms with Crippen LogP contribution >= 0.6 is 11.3 Å². The van der Waals surface area contributed by atoms with Gasteiger partial charge in [-0.25, -0.2) is 10.8 Å². The predicted octanol–water partition coefficient (Wildman–Crippen LogP) is 3.30. The molecule has 1 unspecified atom stereocenters. The molecule has 5 heteroatoms. The SMILES string of the molecule is CCCCCCC(C)OCc1cnc(NN)s1. The Morgan fingerprint density at radius 1 is 1.47 bits per heavy atom. The van der Waals surface area contributed by atoms with Crippen LogP contribution in [0.5, 0.6) is 0 Å². The molecule has 0 saturated heterocycles. The van der Waals surface area contributed by atoms with Gasteiger partial charge in [0.25, 0.3) is 0 Å². The highest BCUT2D eigenvalue weighted by molar-refractivity contribution is 7.15. The van der Waals surface area contributed by atoms with Crippen LogP contribution in [-0.2, 0) is 11.3 Å². The Bertz CT molecular complexity index is 304. The first-order valence-corrected chi connectivity index (χ1v) is 7.10. The number of rotatable bonds is 9. The number of hydrogen-bond acceptors (Lipinski definition) is 5. The van der Waals surface area contributed by atoms with Gasteiger partial charge in [-0.1, -0.05) is 43.9 Å². The van der Waals surface area contributed by atoms with Gasteiger partial charge in [0.2, 0.25) is 0 Å². The minimum atomic E-state index is 0.322. The van der Waals surface area contributed by atoms with Crippen molar-refractivity contribution in [3.63, 3.8) is 0 Å². The summed E-state index contributed by atoms with van der Waals surface area (Å²) >= 11 is 1.53. The monoisotopic (exact) mass is 257 g/mol. The van der Waals surface area contributed by atoms with Crippen molar-refractivity contribution >= 4 is 16.5 Å². The number of anilines is 1. The Kier molecular flexibility index (Phi) is 7.16. The van der Waals surface area contributed by atoms with Crippen LogP contribution in [0.25, 0.3) is 0 Å². The van der Waals surface area contributed by atoms with E-state index in [0.29, 0.717) is 12.7 Å². The van der Waals surface area contributed by atoms with Gasteiger partial charge in [0.15, 0.2) is 5.13 Å². The van der Waals surface area contributed by atoms with Gasteiger partial charge in [-0.3, -0.25) is 5.43 Å². The minimum Gasteiger partial charge on any atom is -0.373 e. The van der Waals surface area contributed by atoms with Crippen molar-refractivity contribution in [3.05, 3.63) is 11.1 Å². The van der Waals surface area contributed by atoms with E-state index in [0.717, 1.165) is 16.4 Å². The van der Waals surface area contributed by atoms with E-state index in [1.54, 1.807) is 0 Å². The zero-order valence-electron chi connectivity index (χ0n) is 10.7. The first-order valence-electron chi connectivity index (χ1n) is 6.29. The number of nitrogen functional groups attached to an aromatic ring is 1. The second-order valence-electron chi connectivity index (χ2n) is 4.25. The Morgan fingerprint density at radius 2 is 2.29 bits per heavy atom. The van der Waals surface area contributed by atoms with Crippen molar-refractivity contribution in [1.82, 2.24) is 4.98 Å². The third-order valence-electron chi connectivity index (χ3n) is 2.65. The second kappa shape index (κ2) is 8.44. The molecule has 1 heterocycles. The third-order valence-corrected chi connectivity index (χ3v) is 3.55. The maximum Gasteiger partial charge on any atom is 0.197 e.